The third kappa shape index (κ3) is 5.73. The van der Waals surface area contributed by atoms with Gasteiger partial charge >= 0.3 is 0 Å². The van der Waals surface area contributed by atoms with Crippen molar-refractivity contribution in [2.45, 2.75) is 6.54 Å². The smallest absolute Gasteiger partial charge is 0.277 e. The summed E-state index contributed by atoms with van der Waals surface area (Å²) in [5.41, 5.74) is 2.34. The molecular formula is C16H27N4O2+. The Kier molecular flexibility index (Phi) is 6.85. The molecule has 1 atom stereocenters. The second-order valence-corrected chi connectivity index (χ2v) is 5.79. The fraction of sp³-hybridized carbons (Fsp3) is 0.500. The minimum atomic E-state index is -0.159. The van der Waals surface area contributed by atoms with Crippen molar-refractivity contribution in [3.63, 3.8) is 0 Å². The predicted octanol–water partition coefficient (Wildman–Crippen LogP) is -1.03. The Balaban J connectivity index is 2.49. The average Bonchev–Trinajstić information content (AvgIpc) is 2.47. The lowest BCUT2D eigenvalue weighted by Crippen LogP contribution is -3.08. The SMILES string of the molecule is CNC(=O)CN(C)C(=O)C[NH+](C)Cc1ccc(N(C)C)cc1. The molecule has 1 aromatic rings. The van der Waals surface area contributed by atoms with Crippen LogP contribution < -0.4 is 15.1 Å². The van der Waals surface area contributed by atoms with E-state index in [1.54, 1.807) is 14.1 Å². The summed E-state index contributed by atoms with van der Waals surface area (Å²) in [5, 5.41) is 2.51. The molecule has 0 spiro atoms. The number of carbonyl (C=O) groups excluding carboxylic acids is 2. The van der Waals surface area contributed by atoms with Crippen molar-refractivity contribution in [1.82, 2.24) is 10.2 Å². The number of amides is 2. The zero-order valence-electron chi connectivity index (χ0n) is 14.1. The maximum Gasteiger partial charge on any atom is 0.277 e. The molecule has 1 rings (SSSR count). The molecule has 1 aromatic carbocycles. The highest BCUT2D eigenvalue weighted by molar-refractivity contribution is 5.84. The fourth-order valence-corrected chi connectivity index (χ4v) is 2.10. The molecule has 2 amide bonds. The van der Waals surface area contributed by atoms with Gasteiger partial charge in [-0.25, -0.2) is 0 Å². The summed E-state index contributed by atoms with van der Waals surface area (Å²) in [6, 6.07) is 8.30. The van der Waals surface area contributed by atoms with E-state index >= 15 is 0 Å². The van der Waals surface area contributed by atoms with Crippen LogP contribution in [-0.4, -0.2) is 65.0 Å². The average molecular weight is 307 g/mol. The quantitative estimate of drug-likeness (QED) is 0.677. The first-order chi connectivity index (χ1) is 10.3. The minimum absolute atomic E-state index is 0.0361. The van der Waals surface area contributed by atoms with Gasteiger partial charge in [-0.05, 0) is 12.1 Å². The highest BCUT2D eigenvalue weighted by atomic mass is 16.2. The molecule has 22 heavy (non-hydrogen) atoms. The van der Waals surface area contributed by atoms with Crippen molar-refractivity contribution in [2.24, 2.45) is 0 Å². The molecule has 6 heteroatoms. The zero-order chi connectivity index (χ0) is 16.7. The van der Waals surface area contributed by atoms with Crippen LogP contribution in [-0.2, 0) is 16.1 Å². The molecule has 2 N–H and O–H groups in total. The molecule has 0 radical (unpaired) electrons. The molecule has 1 unspecified atom stereocenters. The molecule has 0 saturated carbocycles. The summed E-state index contributed by atoms with van der Waals surface area (Å²) in [6.45, 7) is 1.23. The molecule has 0 aliphatic carbocycles. The van der Waals surface area contributed by atoms with Crippen LogP contribution in [0.1, 0.15) is 5.56 Å². The number of nitrogens with zero attached hydrogens (tertiary/aromatic N) is 2. The van der Waals surface area contributed by atoms with E-state index in [0.29, 0.717) is 6.54 Å². The van der Waals surface area contributed by atoms with Gasteiger partial charge in [0, 0.05) is 39.4 Å². The number of anilines is 1. The Morgan fingerprint density at radius 1 is 1.14 bits per heavy atom. The number of benzene rings is 1. The van der Waals surface area contributed by atoms with Crippen molar-refractivity contribution in [1.29, 1.82) is 0 Å². The second kappa shape index (κ2) is 8.38. The zero-order valence-corrected chi connectivity index (χ0v) is 14.1. The van der Waals surface area contributed by atoms with E-state index in [0.717, 1.165) is 17.1 Å². The normalized spacial score (nSPS) is 11.7. The molecule has 6 nitrogen and oxygen atoms in total. The molecule has 0 aromatic heterocycles. The van der Waals surface area contributed by atoms with Crippen LogP contribution in [0, 0.1) is 0 Å². The Bertz CT molecular complexity index is 499. The van der Waals surface area contributed by atoms with Crippen LogP contribution in [0.25, 0.3) is 0 Å². The maximum atomic E-state index is 12.1. The van der Waals surface area contributed by atoms with Crippen LogP contribution >= 0.6 is 0 Å². The second-order valence-electron chi connectivity index (χ2n) is 5.79. The summed E-state index contributed by atoms with van der Waals surface area (Å²) >= 11 is 0. The highest BCUT2D eigenvalue weighted by Crippen LogP contribution is 2.11. The first kappa shape index (κ1) is 18.0. The number of hydrogen-bond donors (Lipinski definition) is 2. The first-order valence-electron chi connectivity index (χ1n) is 7.35. The first-order valence-corrected chi connectivity index (χ1v) is 7.35. The topological polar surface area (TPSA) is 57.1 Å². The number of hydrogen-bond acceptors (Lipinski definition) is 3. The molecule has 0 aliphatic heterocycles. The van der Waals surface area contributed by atoms with Crippen molar-refractivity contribution in [2.75, 3.05) is 53.2 Å². The molecule has 0 aliphatic rings. The van der Waals surface area contributed by atoms with Crippen LogP contribution in [0.2, 0.25) is 0 Å². The van der Waals surface area contributed by atoms with E-state index in [4.69, 9.17) is 0 Å². The Morgan fingerprint density at radius 3 is 2.23 bits per heavy atom. The van der Waals surface area contributed by atoms with Crippen LogP contribution in [0.4, 0.5) is 5.69 Å². The summed E-state index contributed by atoms with van der Waals surface area (Å²) in [4.78, 5) is 27.9. The van der Waals surface area contributed by atoms with Gasteiger partial charge in [0.1, 0.15) is 6.54 Å². The molecule has 0 fully saturated rings. The molecule has 0 saturated heterocycles. The lowest BCUT2D eigenvalue weighted by molar-refractivity contribution is -0.885. The van der Waals surface area contributed by atoms with Gasteiger partial charge in [-0.2, -0.15) is 0 Å². The monoisotopic (exact) mass is 307 g/mol. The third-order valence-corrected chi connectivity index (χ3v) is 3.50. The van der Waals surface area contributed by atoms with Crippen molar-refractivity contribution in [3.05, 3.63) is 29.8 Å². The Morgan fingerprint density at radius 2 is 1.73 bits per heavy atom. The lowest BCUT2D eigenvalue weighted by Gasteiger charge is -2.19. The van der Waals surface area contributed by atoms with Gasteiger partial charge in [0.2, 0.25) is 5.91 Å². The third-order valence-electron chi connectivity index (χ3n) is 3.50. The van der Waals surface area contributed by atoms with Gasteiger partial charge < -0.3 is 20.0 Å². The van der Waals surface area contributed by atoms with Crippen LogP contribution in [0.15, 0.2) is 24.3 Å². The van der Waals surface area contributed by atoms with Crippen LogP contribution in [0.5, 0.6) is 0 Å². The summed E-state index contributed by atoms with van der Waals surface area (Å²) < 4.78 is 0. The van der Waals surface area contributed by atoms with Gasteiger partial charge in [0.15, 0.2) is 6.54 Å². The number of quaternary nitrogens is 1. The van der Waals surface area contributed by atoms with Crippen LogP contribution in [0.3, 0.4) is 0 Å². The van der Waals surface area contributed by atoms with E-state index in [9.17, 15) is 9.59 Å². The molecule has 0 heterocycles. The van der Waals surface area contributed by atoms with Gasteiger partial charge in [-0.3, -0.25) is 9.59 Å². The van der Waals surface area contributed by atoms with Crippen molar-refractivity contribution < 1.29 is 14.5 Å². The number of likely N-dealkylation sites (N-methyl/N-ethyl adjacent to an activating group) is 3. The van der Waals surface area contributed by atoms with E-state index < -0.39 is 0 Å². The van der Waals surface area contributed by atoms with Gasteiger partial charge in [0.05, 0.1) is 13.6 Å². The Hall–Kier alpha value is -2.08. The van der Waals surface area contributed by atoms with Gasteiger partial charge in [0.25, 0.3) is 5.91 Å². The van der Waals surface area contributed by atoms with E-state index in [1.807, 2.05) is 21.1 Å². The summed E-state index contributed by atoms with van der Waals surface area (Å²) in [6.07, 6.45) is 0. The van der Waals surface area contributed by atoms with E-state index in [1.165, 1.54) is 10.5 Å². The summed E-state index contributed by atoms with van der Waals surface area (Å²) in [7, 11) is 9.21. The number of nitrogens with one attached hydrogen (secondary N) is 2. The largest absolute Gasteiger partial charge is 0.378 e. The van der Waals surface area contributed by atoms with Gasteiger partial charge in [-0.1, -0.05) is 12.1 Å². The lowest BCUT2D eigenvalue weighted by atomic mass is 10.2. The maximum absolute atomic E-state index is 12.1. The van der Waals surface area contributed by atoms with Crippen molar-refractivity contribution >= 4 is 17.5 Å². The highest BCUT2D eigenvalue weighted by Gasteiger charge is 2.16. The van der Waals surface area contributed by atoms with Crippen molar-refractivity contribution in [3.8, 4) is 0 Å². The molecule has 0 bridgehead atoms. The predicted molar refractivity (Wildman–Crippen MR) is 87.9 cm³/mol. The minimum Gasteiger partial charge on any atom is -0.378 e. The number of rotatable bonds is 7. The standard InChI is InChI=1S/C16H26N4O2/c1-17-15(21)11-20(5)16(22)12-19(4)10-13-6-8-14(9-7-13)18(2)3/h6-9H,10-12H2,1-5H3,(H,17,21)/p+1. The fourth-order valence-electron chi connectivity index (χ4n) is 2.10. The summed E-state index contributed by atoms with van der Waals surface area (Å²) in [5.74, 6) is -0.196. The molecule has 122 valence electrons. The number of carbonyl (C=O) groups is 2. The molecular weight excluding hydrogens is 280 g/mol. The van der Waals surface area contributed by atoms with E-state index in [-0.39, 0.29) is 18.4 Å². The Labute approximate surface area is 132 Å². The van der Waals surface area contributed by atoms with E-state index in [2.05, 4.69) is 34.5 Å². The van der Waals surface area contributed by atoms with Gasteiger partial charge in [-0.15, -0.1) is 0 Å².